The first-order valence-electron chi connectivity index (χ1n) is 13.7. The summed E-state index contributed by atoms with van der Waals surface area (Å²) < 4.78 is 1.71. The first kappa shape index (κ1) is 23.9. The van der Waals surface area contributed by atoms with Gasteiger partial charge in [-0.1, -0.05) is 12.1 Å². The van der Waals surface area contributed by atoms with Crippen LogP contribution < -0.4 is 10.6 Å². The number of carbonyl (C=O) groups is 2. The van der Waals surface area contributed by atoms with E-state index in [1.165, 1.54) is 18.4 Å². The Bertz CT molecular complexity index is 1280. The van der Waals surface area contributed by atoms with Crippen LogP contribution >= 0.6 is 0 Å². The Balaban J connectivity index is 1.22. The molecule has 8 heteroatoms. The molecule has 2 amide bonds. The number of aryl methyl sites for hydroxylation is 1. The standard InChI is InChI=1S/C29H36N6O2/c1-16(2)35-23(14-15-30-35)28(36)32-27(25(19-4-5-19)20-6-7-20)29(37)31-22-12-10-18(11-13-22)24-17(3)33-34-26(24)21-8-9-21/h10-16,19-21,25,27H,4-9H2,1-3H3,(H,31,37)(H,32,36)(H,33,34). The van der Waals surface area contributed by atoms with E-state index in [0.717, 1.165) is 48.3 Å². The van der Waals surface area contributed by atoms with E-state index in [1.54, 1.807) is 16.9 Å². The summed E-state index contributed by atoms with van der Waals surface area (Å²) in [4.78, 5) is 27.0. The number of benzene rings is 1. The molecule has 1 atom stereocenters. The van der Waals surface area contributed by atoms with Crippen molar-refractivity contribution in [3.05, 3.63) is 53.6 Å². The van der Waals surface area contributed by atoms with Crippen LogP contribution in [0.3, 0.4) is 0 Å². The molecule has 3 fully saturated rings. The fourth-order valence-corrected chi connectivity index (χ4v) is 5.75. The molecule has 1 unspecified atom stereocenters. The lowest BCUT2D eigenvalue weighted by molar-refractivity contribution is -0.119. The number of hydrogen-bond donors (Lipinski definition) is 3. The van der Waals surface area contributed by atoms with Gasteiger partial charge in [0.15, 0.2) is 0 Å². The van der Waals surface area contributed by atoms with Crippen LogP contribution in [0.2, 0.25) is 0 Å². The second kappa shape index (κ2) is 9.47. The van der Waals surface area contributed by atoms with Crippen LogP contribution in [0.1, 0.15) is 86.2 Å². The van der Waals surface area contributed by atoms with Crippen molar-refractivity contribution in [3.8, 4) is 11.1 Å². The molecule has 8 nitrogen and oxygen atoms in total. The van der Waals surface area contributed by atoms with E-state index in [9.17, 15) is 9.59 Å². The van der Waals surface area contributed by atoms with E-state index >= 15 is 0 Å². The number of carbonyl (C=O) groups excluding carboxylic acids is 2. The van der Waals surface area contributed by atoms with Gasteiger partial charge < -0.3 is 10.6 Å². The van der Waals surface area contributed by atoms with Crippen molar-refractivity contribution in [2.75, 3.05) is 5.32 Å². The molecule has 0 saturated heterocycles. The van der Waals surface area contributed by atoms with Crippen LogP contribution in [0.25, 0.3) is 11.1 Å². The van der Waals surface area contributed by atoms with Gasteiger partial charge in [-0.25, -0.2) is 0 Å². The second-order valence-electron chi connectivity index (χ2n) is 11.4. The zero-order chi connectivity index (χ0) is 25.7. The number of anilines is 1. The molecule has 3 aliphatic carbocycles. The zero-order valence-corrected chi connectivity index (χ0v) is 21.8. The molecule has 3 aliphatic rings. The molecule has 0 aliphatic heterocycles. The Morgan fingerprint density at radius 1 is 1.00 bits per heavy atom. The zero-order valence-electron chi connectivity index (χ0n) is 21.8. The summed E-state index contributed by atoms with van der Waals surface area (Å²) in [6.07, 6.45) is 8.56. The molecule has 3 N–H and O–H groups in total. The number of aromatic nitrogens is 4. The second-order valence-corrected chi connectivity index (χ2v) is 11.4. The number of amides is 2. The van der Waals surface area contributed by atoms with Crippen molar-refractivity contribution in [3.63, 3.8) is 0 Å². The van der Waals surface area contributed by atoms with Gasteiger partial charge in [-0.15, -0.1) is 0 Å². The molecule has 3 aromatic rings. The monoisotopic (exact) mass is 500 g/mol. The highest BCUT2D eigenvalue weighted by Gasteiger charge is 2.48. The molecule has 0 radical (unpaired) electrons. The lowest BCUT2D eigenvalue weighted by Gasteiger charge is -2.28. The minimum atomic E-state index is -0.569. The molecule has 6 rings (SSSR count). The highest BCUT2D eigenvalue weighted by atomic mass is 16.2. The fraction of sp³-hybridized carbons (Fsp3) is 0.517. The minimum absolute atomic E-state index is 0.0588. The number of rotatable bonds is 10. The van der Waals surface area contributed by atoms with Crippen molar-refractivity contribution >= 4 is 17.5 Å². The van der Waals surface area contributed by atoms with Gasteiger partial charge in [-0.2, -0.15) is 10.2 Å². The Kier molecular flexibility index (Phi) is 6.13. The van der Waals surface area contributed by atoms with Gasteiger partial charge in [0.25, 0.3) is 5.91 Å². The Hall–Kier alpha value is -3.42. The molecule has 2 heterocycles. The number of nitrogens with one attached hydrogen (secondary N) is 3. The smallest absolute Gasteiger partial charge is 0.270 e. The molecule has 3 saturated carbocycles. The van der Waals surface area contributed by atoms with Crippen molar-refractivity contribution in [2.24, 2.45) is 17.8 Å². The molecule has 0 bridgehead atoms. The topological polar surface area (TPSA) is 105 Å². The minimum Gasteiger partial charge on any atom is -0.339 e. The lowest BCUT2D eigenvalue weighted by atomic mass is 9.88. The summed E-state index contributed by atoms with van der Waals surface area (Å²) in [5.74, 6) is 1.36. The highest BCUT2D eigenvalue weighted by Crippen LogP contribution is 2.51. The third-order valence-corrected chi connectivity index (χ3v) is 8.06. The van der Waals surface area contributed by atoms with E-state index in [-0.39, 0.29) is 23.8 Å². The van der Waals surface area contributed by atoms with E-state index < -0.39 is 6.04 Å². The SMILES string of the molecule is Cc1[nH]nc(C2CC2)c1-c1ccc(NC(=O)C(NC(=O)c2ccnn2C(C)C)C(C2CC2)C2CC2)cc1. The van der Waals surface area contributed by atoms with Crippen LogP contribution in [0.4, 0.5) is 5.69 Å². The van der Waals surface area contributed by atoms with Crippen molar-refractivity contribution in [2.45, 2.75) is 77.3 Å². The molecule has 2 aromatic heterocycles. The third kappa shape index (κ3) is 4.93. The van der Waals surface area contributed by atoms with Crippen LogP contribution in [0.5, 0.6) is 0 Å². The first-order chi connectivity index (χ1) is 17.9. The van der Waals surface area contributed by atoms with Gasteiger partial charge in [0.1, 0.15) is 11.7 Å². The average Bonchev–Trinajstić information content (AvgIpc) is 3.78. The van der Waals surface area contributed by atoms with E-state index in [0.29, 0.717) is 23.4 Å². The first-order valence-corrected chi connectivity index (χ1v) is 13.7. The van der Waals surface area contributed by atoms with Gasteiger partial charge in [0.2, 0.25) is 5.91 Å². The number of nitrogens with zero attached hydrogens (tertiary/aromatic N) is 3. The van der Waals surface area contributed by atoms with E-state index in [1.807, 2.05) is 38.1 Å². The summed E-state index contributed by atoms with van der Waals surface area (Å²) in [6.45, 7) is 6.04. The van der Waals surface area contributed by atoms with Crippen LogP contribution in [-0.4, -0.2) is 37.8 Å². The summed E-state index contributed by atoms with van der Waals surface area (Å²) >= 11 is 0. The van der Waals surface area contributed by atoms with E-state index in [4.69, 9.17) is 0 Å². The van der Waals surface area contributed by atoms with Crippen molar-refractivity contribution in [1.82, 2.24) is 25.3 Å². The molecular weight excluding hydrogens is 464 g/mol. The molecule has 1 aromatic carbocycles. The summed E-state index contributed by atoms with van der Waals surface area (Å²) in [5.41, 5.74) is 5.72. The highest BCUT2D eigenvalue weighted by molar-refractivity contribution is 6.01. The molecular formula is C29H36N6O2. The average molecular weight is 501 g/mol. The summed E-state index contributed by atoms with van der Waals surface area (Å²) in [5, 5.41) is 18.2. The van der Waals surface area contributed by atoms with Crippen LogP contribution in [0.15, 0.2) is 36.5 Å². The van der Waals surface area contributed by atoms with Crippen LogP contribution in [0, 0.1) is 24.7 Å². The fourth-order valence-electron chi connectivity index (χ4n) is 5.75. The Morgan fingerprint density at radius 3 is 2.27 bits per heavy atom. The van der Waals surface area contributed by atoms with Gasteiger partial charge in [-0.3, -0.25) is 19.4 Å². The number of aromatic amines is 1. The lowest BCUT2D eigenvalue weighted by Crippen LogP contribution is -2.50. The van der Waals surface area contributed by atoms with E-state index in [2.05, 4.69) is 32.9 Å². The summed E-state index contributed by atoms with van der Waals surface area (Å²) in [7, 11) is 0. The molecule has 0 spiro atoms. The maximum absolute atomic E-state index is 13.7. The quantitative estimate of drug-likeness (QED) is 0.355. The van der Waals surface area contributed by atoms with Crippen molar-refractivity contribution in [1.29, 1.82) is 0 Å². The molecule has 194 valence electrons. The third-order valence-electron chi connectivity index (χ3n) is 8.06. The largest absolute Gasteiger partial charge is 0.339 e. The van der Waals surface area contributed by atoms with Crippen LogP contribution in [-0.2, 0) is 4.79 Å². The Morgan fingerprint density at radius 2 is 1.68 bits per heavy atom. The van der Waals surface area contributed by atoms with Gasteiger partial charge >= 0.3 is 0 Å². The number of hydrogen-bond acceptors (Lipinski definition) is 4. The normalized spacial score (nSPS) is 18.3. The van der Waals surface area contributed by atoms with Gasteiger partial charge in [0, 0.05) is 35.1 Å². The Labute approximate surface area is 217 Å². The molecule has 37 heavy (non-hydrogen) atoms. The van der Waals surface area contributed by atoms with Gasteiger partial charge in [-0.05, 0) is 101 Å². The van der Waals surface area contributed by atoms with Gasteiger partial charge in [0.05, 0.1) is 5.69 Å². The van der Waals surface area contributed by atoms with Crippen molar-refractivity contribution < 1.29 is 9.59 Å². The maximum Gasteiger partial charge on any atom is 0.270 e. The number of H-pyrrole nitrogens is 1. The maximum atomic E-state index is 13.7. The summed E-state index contributed by atoms with van der Waals surface area (Å²) in [6, 6.07) is 9.21. The predicted octanol–water partition coefficient (Wildman–Crippen LogP) is 5.21. The predicted molar refractivity (Wildman–Crippen MR) is 142 cm³/mol.